The average molecular weight is 438 g/mol. The molecular weight excluding hydrogens is 403 g/mol. The Labute approximate surface area is 159 Å². The van der Waals surface area contributed by atoms with Crippen LogP contribution in [0.1, 0.15) is 32.6 Å². The zero-order chi connectivity index (χ0) is 15.8. The fraction of sp³-hybridized carbons (Fsp3) is 0.941. The van der Waals surface area contributed by atoms with E-state index in [1.54, 1.807) is 0 Å². The molecule has 0 aromatic heterocycles. The summed E-state index contributed by atoms with van der Waals surface area (Å²) in [5.41, 5.74) is 0. The first-order chi connectivity index (χ1) is 10.7. The van der Waals surface area contributed by atoms with Crippen LogP contribution in [0.15, 0.2) is 4.99 Å². The minimum atomic E-state index is 0. The van der Waals surface area contributed by atoms with Crippen molar-refractivity contribution >= 4 is 29.9 Å². The average Bonchev–Trinajstić information content (AvgIpc) is 3.32. The Bertz CT molecular complexity index is 349. The predicted molar refractivity (Wildman–Crippen MR) is 108 cm³/mol. The van der Waals surface area contributed by atoms with Crippen LogP contribution < -0.4 is 5.32 Å². The second kappa shape index (κ2) is 11.5. The van der Waals surface area contributed by atoms with Crippen LogP contribution in [-0.4, -0.2) is 75.8 Å². The molecule has 2 fully saturated rings. The summed E-state index contributed by atoms with van der Waals surface area (Å²) in [6, 6.07) is 0. The van der Waals surface area contributed by atoms with E-state index >= 15 is 0 Å². The molecule has 23 heavy (non-hydrogen) atoms. The summed E-state index contributed by atoms with van der Waals surface area (Å²) in [4.78, 5) is 9.47. The Morgan fingerprint density at radius 2 is 2.09 bits per heavy atom. The highest BCUT2D eigenvalue weighted by molar-refractivity contribution is 14.0. The van der Waals surface area contributed by atoms with Gasteiger partial charge in [-0.25, -0.2) is 0 Å². The first-order valence-electron chi connectivity index (χ1n) is 8.94. The molecule has 1 aliphatic carbocycles. The van der Waals surface area contributed by atoms with Gasteiger partial charge in [-0.2, -0.15) is 0 Å². The van der Waals surface area contributed by atoms with Gasteiger partial charge in [0.05, 0.1) is 6.61 Å². The van der Waals surface area contributed by atoms with Crippen LogP contribution in [0.3, 0.4) is 0 Å². The Morgan fingerprint density at radius 1 is 1.30 bits per heavy atom. The topological polar surface area (TPSA) is 40.1 Å². The van der Waals surface area contributed by atoms with E-state index in [0.29, 0.717) is 5.92 Å². The molecule has 1 atom stereocenters. The summed E-state index contributed by atoms with van der Waals surface area (Å²) < 4.78 is 5.73. The number of hydrogen-bond acceptors (Lipinski definition) is 3. The molecule has 1 heterocycles. The first-order valence-corrected chi connectivity index (χ1v) is 8.94. The molecule has 0 spiro atoms. The molecule has 1 saturated carbocycles. The van der Waals surface area contributed by atoms with Crippen molar-refractivity contribution in [1.82, 2.24) is 15.1 Å². The Kier molecular flexibility index (Phi) is 10.5. The van der Waals surface area contributed by atoms with Gasteiger partial charge in [-0.1, -0.05) is 0 Å². The summed E-state index contributed by atoms with van der Waals surface area (Å²) in [5, 5.41) is 3.40. The SMILES string of the molecule is CCNC(=NCC1CCCN(C)C1)N(C)CCOCC1CC1.I. The monoisotopic (exact) mass is 438 g/mol. The number of guanidine groups is 1. The smallest absolute Gasteiger partial charge is 0.193 e. The summed E-state index contributed by atoms with van der Waals surface area (Å²) in [6.07, 6.45) is 5.32. The molecule has 2 rings (SSSR count). The maximum Gasteiger partial charge on any atom is 0.193 e. The first kappa shape index (κ1) is 21.0. The molecule has 0 aromatic carbocycles. The van der Waals surface area contributed by atoms with Crippen molar-refractivity contribution in [3.8, 4) is 0 Å². The molecule has 6 heteroatoms. The third kappa shape index (κ3) is 8.54. The Hall–Kier alpha value is -0.0800. The van der Waals surface area contributed by atoms with E-state index in [-0.39, 0.29) is 24.0 Å². The molecular formula is C17H35IN4O. The van der Waals surface area contributed by atoms with Crippen LogP contribution in [0.2, 0.25) is 0 Å². The lowest BCUT2D eigenvalue weighted by molar-refractivity contribution is 0.115. The highest BCUT2D eigenvalue weighted by atomic mass is 127. The number of nitrogens with zero attached hydrogens (tertiary/aromatic N) is 3. The van der Waals surface area contributed by atoms with Gasteiger partial charge >= 0.3 is 0 Å². The molecule has 2 aliphatic rings. The molecule has 0 amide bonds. The number of aliphatic imine (C=N–C) groups is 1. The highest BCUT2D eigenvalue weighted by Gasteiger charge is 2.21. The number of hydrogen-bond donors (Lipinski definition) is 1. The maximum atomic E-state index is 5.73. The second-order valence-electron chi connectivity index (χ2n) is 6.90. The van der Waals surface area contributed by atoms with E-state index in [0.717, 1.165) is 44.7 Å². The minimum absolute atomic E-state index is 0. The maximum absolute atomic E-state index is 5.73. The Morgan fingerprint density at radius 3 is 2.74 bits per heavy atom. The van der Waals surface area contributed by atoms with E-state index < -0.39 is 0 Å². The number of likely N-dealkylation sites (tertiary alicyclic amines) is 1. The minimum Gasteiger partial charge on any atom is -0.379 e. The van der Waals surface area contributed by atoms with Gasteiger partial charge in [0.15, 0.2) is 5.96 Å². The van der Waals surface area contributed by atoms with Gasteiger partial charge in [-0.15, -0.1) is 24.0 Å². The lowest BCUT2D eigenvalue weighted by atomic mass is 9.99. The number of halogens is 1. The quantitative estimate of drug-likeness (QED) is 0.273. The fourth-order valence-corrected chi connectivity index (χ4v) is 2.95. The van der Waals surface area contributed by atoms with Crippen LogP contribution in [0, 0.1) is 11.8 Å². The van der Waals surface area contributed by atoms with Gasteiger partial charge < -0.3 is 19.9 Å². The number of nitrogens with one attached hydrogen (secondary N) is 1. The summed E-state index contributed by atoms with van der Waals surface area (Å²) >= 11 is 0. The lowest BCUT2D eigenvalue weighted by Gasteiger charge is -2.29. The normalized spacial score (nSPS) is 22.6. The molecule has 1 unspecified atom stereocenters. The van der Waals surface area contributed by atoms with Gasteiger partial charge in [0, 0.05) is 39.8 Å². The van der Waals surface area contributed by atoms with Gasteiger partial charge in [0.25, 0.3) is 0 Å². The molecule has 1 aliphatic heterocycles. The van der Waals surface area contributed by atoms with Crippen LogP contribution >= 0.6 is 24.0 Å². The summed E-state index contributed by atoms with van der Waals surface area (Å²) in [5.74, 6) is 2.56. The summed E-state index contributed by atoms with van der Waals surface area (Å²) in [7, 11) is 4.32. The number of rotatable bonds is 8. The van der Waals surface area contributed by atoms with E-state index in [4.69, 9.17) is 9.73 Å². The highest BCUT2D eigenvalue weighted by Crippen LogP contribution is 2.28. The van der Waals surface area contributed by atoms with E-state index in [9.17, 15) is 0 Å². The lowest BCUT2D eigenvalue weighted by Crippen LogP contribution is -2.41. The third-order valence-electron chi connectivity index (χ3n) is 4.54. The van der Waals surface area contributed by atoms with E-state index in [1.165, 1.54) is 38.8 Å². The van der Waals surface area contributed by atoms with Crippen molar-refractivity contribution in [2.45, 2.75) is 32.6 Å². The molecule has 1 saturated heterocycles. The van der Waals surface area contributed by atoms with Gasteiger partial charge in [-0.05, 0) is 58.0 Å². The molecule has 0 radical (unpaired) electrons. The van der Waals surface area contributed by atoms with Crippen LogP contribution in [0.4, 0.5) is 0 Å². The molecule has 136 valence electrons. The van der Waals surface area contributed by atoms with Gasteiger partial charge in [0.2, 0.25) is 0 Å². The number of likely N-dealkylation sites (N-methyl/N-ethyl adjacent to an activating group) is 1. The molecule has 5 nitrogen and oxygen atoms in total. The van der Waals surface area contributed by atoms with Crippen molar-refractivity contribution in [3.63, 3.8) is 0 Å². The molecule has 0 aromatic rings. The van der Waals surface area contributed by atoms with Crippen LogP contribution in [-0.2, 0) is 4.74 Å². The van der Waals surface area contributed by atoms with Crippen molar-refractivity contribution < 1.29 is 4.74 Å². The van der Waals surface area contributed by atoms with E-state index in [1.807, 2.05) is 0 Å². The van der Waals surface area contributed by atoms with E-state index in [2.05, 4.69) is 36.1 Å². The van der Waals surface area contributed by atoms with Crippen molar-refractivity contribution in [3.05, 3.63) is 0 Å². The number of piperidine rings is 1. The zero-order valence-corrected chi connectivity index (χ0v) is 17.4. The largest absolute Gasteiger partial charge is 0.379 e. The summed E-state index contributed by atoms with van der Waals surface area (Å²) in [6.45, 7) is 9.02. The standard InChI is InChI=1S/C17H34N4O.HI/c1-4-18-17(19-12-16-6-5-9-20(2)13-16)21(3)10-11-22-14-15-7-8-15;/h15-16H,4-14H2,1-3H3,(H,18,19);1H. The van der Waals surface area contributed by atoms with Gasteiger partial charge in [0.1, 0.15) is 0 Å². The predicted octanol–water partition coefficient (Wildman–Crippen LogP) is 2.27. The van der Waals surface area contributed by atoms with Crippen molar-refractivity contribution in [2.75, 3.05) is 60.0 Å². The van der Waals surface area contributed by atoms with Crippen LogP contribution in [0.5, 0.6) is 0 Å². The van der Waals surface area contributed by atoms with Crippen molar-refractivity contribution in [1.29, 1.82) is 0 Å². The van der Waals surface area contributed by atoms with Gasteiger partial charge in [-0.3, -0.25) is 4.99 Å². The van der Waals surface area contributed by atoms with Crippen molar-refractivity contribution in [2.24, 2.45) is 16.8 Å². The number of ether oxygens (including phenoxy) is 1. The molecule has 1 N–H and O–H groups in total. The van der Waals surface area contributed by atoms with Crippen LogP contribution in [0.25, 0.3) is 0 Å². The fourth-order valence-electron chi connectivity index (χ4n) is 2.95. The third-order valence-corrected chi connectivity index (χ3v) is 4.54. The molecule has 0 bridgehead atoms. The second-order valence-corrected chi connectivity index (χ2v) is 6.90. The zero-order valence-electron chi connectivity index (χ0n) is 15.1. The Balaban J connectivity index is 0.00000264.